The second-order valence-electron chi connectivity index (χ2n) is 10.3. The van der Waals surface area contributed by atoms with Crippen molar-refractivity contribution in [2.45, 2.75) is 58.0 Å². The van der Waals surface area contributed by atoms with Gasteiger partial charge in [-0.15, -0.1) is 0 Å². The molecular weight excluding hydrogens is 470 g/mol. The maximum Gasteiger partial charge on any atom is 0.181 e. The zero-order chi connectivity index (χ0) is 25.3. The standard InChI is InChI=1S/C27H36F2N2O3S/c1-5-19-10-17(2)18(3)27(30-14-19)31-8-6-21(7-9-31)23-13-22(23)16-34-15-20-11-24(28)26(25(29)12-20)35(4,32)33/h10-12,14,17,21-23H,5-9,13,15-16H2,1-4H3. The maximum atomic E-state index is 14.1. The molecule has 8 heteroatoms. The number of aliphatic imine (C=N–C) groups is 1. The summed E-state index contributed by atoms with van der Waals surface area (Å²) in [5, 5.41) is 0. The highest BCUT2D eigenvalue weighted by molar-refractivity contribution is 7.90. The lowest BCUT2D eigenvalue weighted by molar-refractivity contribution is 0.101. The zero-order valence-electron chi connectivity index (χ0n) is 21.1. The van der Waals surface area contributed by atoms with Crippen LogP contribution in [-0.2, 0) is 21.2 Å². The molecule has 3 atom stereocenters. The van der Waals surface area contributed by atoms with Gasteiger partial charge in [-0.3, -0.25) is 0 Å². The first kappa shape index (κ1) is 26.0. The first-order valence-electron chi connectivity index (χ1n) is 12.5. The van der Waals surface area contributed by atoms with Gasteiger partial charge in [0, 0.05) is 25.6 Å². The van der Waals surface area contributed by atoms with Gasteiger partial charge in [0.25, 0.3) is 0 Å². The van der Waals surface area contributed by atoms with Crippen molar-refractivity contribution >= 4 is 16.1 Å². The molecule has 35 heavy (non-hydrogen) atoms. The van der Waals surface area contributed by atoms with E-state index in [1.807, 2.05) is 6.21 Å². The monoisotopic (exact) mass is 506 g/mol. The number of allylic oxidation sites excluding steroid dienone is 3. The van der Waals surface area contributed by atoms with E-state index in [0.717, 1.165) is 63.0 Å². The van der Waals surface area contributed by atoms with E-state index >= 15 is 0 Å². The van der Waals surface area contributed by atoms with E-state index in [1.165, 1.54) is 11.1 Å². The molecule has 0 radical (unpaired) electrons. The highest BCUT2D eigenvalue weighted by atomic mass is 32.2. The van der Waals surface area contributed by atoms with Crippen LogP contribution in [0.3, 0.4) is 0 Å². The van der Waals surface area contributed by atoms with E-state index in [4.69, 9.17) is 9.73 Å². The highest BCUT2D eigenvalue weighted by Crippen LogP contribution is 2.48. The fraction of sp³-hybridized carbons (Fsp3) is 0.593. The number of rotatable bonds is 8. The third-order valence-electron chi connectivity index (χ3n) is 7.71. The first-order chi connectivity index (χ1) is 16.6. The van der Waals surface area contributed by atoms with Gasteiger partial charge in [-0.25, -0.2) is 22.2 Å². The normalized spacial score (nSPS) is 25.6. The second-order valence-corrected chi connectivity index (χ2v) is 12.3. The Morgan fingerprint density at radius 2 is 1.83 bits per heavy atom. The van der Waals surface area contributed by atoms with Crippen LogP contribution in [-0.4, -0.2) is 45.5 Å². The lowest BCUT2D eigenvalue weighted by atomic mass is 9.90. The molecule has 3 unspecified atom stereocenters. The van der Waals surface area contributed by atoms with Crippen LogP contribution >= 0.6 is 0 Å². The molecule has 2 aliphatic heterocycles. The molecule has 2 fully saturated rings. The number of nitrogens with zero attached hydrogens (tertiary/aromatic N) is 2. The van der Waals surface area contributed by atoms with Crippen molar-refractivity contribution in [1.29, 1.82) is 0 Å². The molecule has 5 nitrogen and oxygen atoms in total. The Hall–Kier alpha value is -2.06. The van der Waals surface area contributed by atoms with Crippen molar-refractivity contribution in [1.82, 2.24) is 4.90 Å². The third kappa shape index (κ3) is 6.02. The van der Waals surface area contributed by atoms with Crippen molar-refractivity contribution < 1.29 is 21.9 Å². The molecule has 4 rings (SSSR count). The predicted molar refractivity (Wildman–Crippen MR) is 134 cm³/mol. The lowest BCUT2D eigenvalue weighted by Crippen LogP contribution is -2.34. The van der Waals surface area contributed by atoms with E-state index in [9.17, 15) is 17.2 Å². The quantitative estimate of drug-likeness (QED) is 0.466. The molecule has 2 heterocycles. The summed E-state index contributed by atoms with van der Waals surface area (Å²) in [5.74, 6) is 1.18. The molecule has 0 amide bonds. The van der Waals surface area contributed by atoms with E-state index in [-0.39, 0.29) is 6.61 Å². The number of sulfone groups is 1. The molecule has 0 N–H and O–H groups in total. The summed E-state index contributed by atoms with van der Waals surface area (Å²) >= 11 is 0. The topological polar surface area (TPSA) is 59.0 Å². The molecule has 1 aliphatic carbocycles. The smallest absolute Gasteiger partial charge is 0.181 e. The Kier molecular flexibility index (Phi) is 7.81. The summed E-state index contributed by atoms with van der Waals surface area (Å²) in [4.78, 5) is 6.39. The minimum absolute atomic E-state index is 0.0664. The van der Waals surface area contributed by atoms with Crippen LogP contribution in [0.2, 0.25) is 0 Å². The van der Waals surface area contributed by atoms with Crippen molar-refractivity contribution in [2.24, 2.45) is 28.7 Å². The number of halogens is 2. The first-order valence-corrected chi connectivity index (χ1v) is 14.4. The molecule has 1 saturated heterocycles. The molecule has 192 valence electrons. The van der Waals surface area contributed by atoms with Crippen molar-refractivity contribution in [3.8, 4) is 0 Å². The van der Waals surface area contributed by atoms with Gasteiger partial charge in [-0.2, -0.15) is 0 Å². The fourth-order valence-corrected chi connectivity index (χ4v) is 6.26. The van der Waals surface area contributed by atoms with E-state index in [1.54, 1.807) is 0 Å². The van der Waals surface area contributed by atoms with Crippen LogP contribution in [0.25, 0.3) is 0 Å². The van der Waals surface area contributed by atoms with E-state index in [2.05, 4.69) is 31.7 Å². The summed E-state index contributed by atoms with van der Waals surface area (Å²) in [5.41, 5.74) is 2.93. The largest absolute Gasteiger partial charge is 0.376 e. The van der Waals surface area contributed by atoms with Crippen LogP contribution in [0.1, 0.15) is 52.0 Å². The molecule has 0 bridgehead atoms. The number of benzene rings is 1. The number of hydrogen-bond acceptors (Lipinski definition) is 5. The minimum Gasteiger partial charge on any atom is -0.376 e. The summed E-state index contributed by atoms with van der Waals surface area (Å²) in [7, 11) is -3.95. The molecular formula is C27H36F2N2O3S. The van der Waals surface area contributed by atoms with Gasteiger partial charge < -0.3 is 9.64 Å². The molecule has 1 saturated carbocycles. The number of likely N-dealkylation sites (tertiary alicyclic amines) is 1. The minimum atomic E-state index is -3.95. The van der Waals surface area contributed by atoms with Gasteiger partial charge in [0.2, 0.25) is 0 Å². The highest BCUT2D eigenvalue weighted by Gasteiger charge is 2.43. The number of ether oxygens (including phenoxy) is 1. The Balaban J connectivity index is 1.25. The Labute approximate surface area is 207 Å². The van der Waals surface area contributed by atoms with Gasteiger partial charge in [-0.05, 0) is 85.1 Å². The molecule has 3 aliphatic rings. The summed E-state index contributed by atoms with van der Waals surface area (Å²) in [6.45, 7) is 9.24. The van der Waals surface area contributed by atoms with Gasteiger partial charge in [0.1, 0.15) is 22.4 Å². The molecule has 0 aromatic heterocycles. The van der Waals surface area contributed by atoms with Crippen molar-refractivity contribution in [3.63, 3.8) is 0 Å². The third-order valence-corrected chi connectivity index (χ3v) is 8.84. The SMILES string of the molecule is CCC1=CC(C)C(C)=C(N2CCC(C3CC3COCc3cc(F)c(S(C)(=O)=O)c(F)c3)CC2)N=C1. The maximum absolute atomic E-state index is 14.1. The van der Waals surface area contributed by atoms with Crippen molar-refractivity contribution in [3.05, 3.63) is 52.4 Å². The summed E-state index contributed by atoms with van der Waals surface area (Å²) in [6, 6.07) is 2.10. The Bertz CT molecular complexity index is 1130. The second kappa shape index (κ2) is 10.5. The summed E-state index contributed by atoms with van der Waals surface area (Å²) < 4.78 is 57.0. The van der Waals surface area contributed by atoms with Crippen molar-refractivity contribution in [2.75, 3.05) is 26.0 Å². The number of piperidine rings is 1. The van der Waals surface area contributed by atoms with Crippen LogP contribution in [0.5, 0.6) is 0 Å². The van der Waals surface area contributed by atoms with E-state index in [0.29, 0.717) is 35.8 Å². The van der Waals surface area contributed by atoms with Crippen LogP contribution in [0.4, 0.5) is 8.78 Å². The van der Waals surface area contributed by atoms with Gasteiger partial charge in [0.15, 0.2) is 9.84 Å². The predicted octanol–water partition coefficient (Wildman–Crippen LogP) is 5.52. The van der Waals surface area contributed by atoms with Crippen LogP contribution < -0.4 is 0 Å². The van der Waals surface area contributed by atoms with Gasteiger partial charge in [0.05, 0.1) is 13.2 Å². The van der Waals surface area contributed by atoms with Crippen LogP contribution in [0.15, 0.2) is 45.1 Å². The van der Waals surface area contributed by atoms with Gasteiger partial charge >= 0.3 is 0 Å². The van der Waals surface area contributed by atoms with E-state index < -0.39 is 26.4 Å². The Morgan fingerprint density at radius 3 is 2.43 bits per heavy atom. The fourth-order valence-electron chi connectivity index (χ4n) is 5.44. The summed E-state index contributed by atoms with van der Waals surface area (Å²) in [6.07, 6.45) is 9.53. The average Bonchev–Trinajstić information content (AvgIpc) is 3.57. The molecule has 1 aromatic carbocycles. The Morgan fingerprint density at radius 1 is 1.17 bits per heavy atom. The number of hydrogen-bond donors (Lipinski definition) is 0. The van der Waals surface area contributed by atoms with Crippen LogP contribution in [0, 0.1) is 35.3 Å². The molecule has 1 aromatic rings. The molecule has 0 spiro atoms. The average molecular weight is 507 g/mol. The zero-order valence-corrected chi connectivity index (χ0v) is 21.9. The van der Waals surface area contributed by atoms with Gasteiger partial charge in [-0.1, -0.05) is 19.9 Å². The lowest BCUT2D eigenvalue weighted by Gasteiger charge is -2.35.